The van der Waals surface area contributed by atoms with Gasteiger partial charge < -0.3 is 15.0 Å². The lowest BCUT2D eigenvalue weighted by Crippen LogP contribution is -2.37. The van der Waals surface area contributed by atoms with Crippen molar-refractivity contribution < 1.29 is 9.53 Å². The van der Waals surface area contributed by atoms with Gasteiger partial charge in [0.15, 0.2) is 0 Å². The molecule has 2 rings (SSSR count). The van der Waals surface area contributed by atoms with Crippen molar-refractivity contribution in [2.75, 3.05) is 33.4 Å². The molecule has 1 saturated carbocycles. The number of rotatable bonds is 7. The SMILES string of the molecule is COCCCNC(=O)CC1CCN(C2CC2)CC1. The monoisotopic (exact) mass is 254 g/mol. The lowest BCUT2D eigenvalue weighted by atomic mass is 9.93. The summed E-state index contributed by atoms with van der Waals surface area (Å²) >= 11 is 0. The second-order valence-electron chi connectivity index (χ2n) is 5.61. The predicted molar refractivity (Wildman–Crippen MR) is 71.4 cm³/mol. The van der Waals surface area contributed by atoms with E-state index in [1.807, 2.05) is 0 Å². The van der Waals surface area contributed by atoms with Gasteiger partial charge in [-0.15, -0.1) is 0 Å². The first-order valence-corrected chi connectivity index (χ1v) is 7.29. The van der Waals surface area contributed by atoms with Crippen molar-refractivity contribution in [1.82, 2.24) is 10.2 Å². The smallest absolute Gasteiger partial charge is 0.220 e. The van der Waals surface area contributed by atoms with Crippen LogP contribution in [-0.2, 0) is 9.53 Å². The van der Waals surface area contributed by atoms with Gasteiger partial charge in [-0.05, 0) is 51.1 Å². The Hall–Kier alpha value is -0.610. The number of likely N-dealkylation sites (tertiary alicyclic amines) is 1. The van der Waals surface area contributed by atoms with Gasteiger partial charge in [0.25, 0.3) is 0 Å². The number of methoxy groups -OCH3 is 1. The van der Waals surface area contributed by atoms with Crippen molar-refractivity contribution in [2.24, 2.45) is 5.92 Å². The lowest BCUT2D eigenvalue weighted by molar-refractivity contribution is -0.122. The fraction of sp³-hybridized carbons (Fsp3) is 0.929. The maximum absolute atomic E-state index is 11.7. The number of carbonyl (C=O) groups excluding carboxylic acids is 1. The number of ether oxygens (including phenoxy) is 1. The number of hydrogen-bond donors (Lipinski definition) is 1. The van der Waals surface area contributed by atoms with Crippen LogP contribution >= 0.6 is 0 Å². The summed E-state index contributed by atoms with van der Waals surface area (Å²) in [6, 6.07) is 0.883. The van der Waals surface area contributed by atoms with Crippen LogP contribution in [0.15, 0.2) is 0 Å². The molecule has 0 aromatic rings. The Labute approximate surface area is 110 Å². The van der Waals surface area contributed by atoms with Crippen molar-refractivity contribution in [2.45, 2.75) is 44.6 Å². The summed E-state index contributed by atoms with van der Waals surface area (Å²) in [5.41, 5.74) is 0. The summed E-state index contributed by atoms with van der Waals surface area (Å²) < 4.78 is 4.96. The number of piperidine rings is 1. The summed E-state index contributed by atoms with van der Waals surface area (Å²) in [4.78, 5) is 14.3. The van der Waals surface area contributed by atoms with Crippen molar-refractivity contribution >= 4 is 5.91 Å². The van der Waals surface area contributed by atoms with Crippen molar-refractivity contribution in [1.29, 1.82) is 0 Å². The van der Waals surface area contributed by atoms with E-state index in [2.05, 4.69) is 10.2 Å². The van der Waals surface area contributed by atoms with Crippen LogP contribution in [0.3, 0.4) is 0 Å². The van der Waals surface area contributed by atoms with Crippen LogP contribution in [-0.4, -0.2) is 50.2 Å². The zero-order valence-corrected chi connectivity index (χ0v) is 11.5. The van der Waals surface area contributed by atoms with Crippen LogP contribution in [0, 0.1) is 5.92 Å². The Morgan fingerprint density at radius 2 is 2.00 bits per heavy atom. The predicted octanol–water partition coefficient (Wildman–Crippen LogP) is 1.40. The standard InChI is InChI=1S/C14H26N2O2/c1-18-10-2-7-15-14(17)11-12-5-8-16(9-6-12)13-3-4-13/h12-13H,2-11H2,1H3,(H,15,17). The van der Waals surface area contributed by atoms with E-state index >= 15 is 0 Å². The van der Waals surface area contributed by atoms with Crippen LogP contribution in [0.1, 0.15) is 38.5 Å². The molecule has 0 radical (unpaired) electrons. The fourth-order valence-electron chi connectivity index (χ4n) is 2.74. The van der Waals surface area contributed by atoms with E-state index in [1.54, 1.807) is 7.11 Å². The van der Waals surface area contributed by atoms with Crippen molar-refractivity contribution in [3.8, 4) is 0 Å². The molecule has 104 valence electrons. The van der Waals surface area contributed by atoms with Crippen LogP contribution in [0.2, 0.25) is 0 Å². The minimum absolute atomic E-state index is 0.218. The van der Waals surface area contributed by atoms with Crippen molar-refractivity contribution in [3.05, 3.63) is 0 Å². The van der Waals surface area contributed by atoms with Crippen LogP contribution in [0.5, 0.6) is 0 Å². The Morgan fingerprint density at radius 3 is 2.61 bits per heavy atom. The second-order valence-corrected chi connectivity index (χ2v) is 5.61. The molecule has 1 N–H and O–H groups in total. The van der Waals surface area contributed by atoms with Crippen molar-refractivity contribution in [3.63, 3.8) is 0 Å². The highest BCUT2D eigenvalue weighted by Crippen LogP contribution is 2.31. The van der Waals surface area contributed by atoms with E-state index in [4.69, 9.17) is 4.74 Å². The van der Waals surface area contributed by atoms with Gasteiger partial charge in [-0.2, -0.15) is 0 Å². The van der Waals surface area contributed by atoms with Crippen LogP contribution in [0.25, 0.3) is 0 Å². The summed E-state index contributed by atoms with van der Waals surface area (Å²) in [5.74, 6) is 0.818. The minimum atomic E-state index is 0.218. The van der Waals surface area contributed by atoms with Gasteiger partial charge in [0.05, 0.1) is 0 Å². The van der Waals surface area contributed by atoms with Crippen LogP contribution < -0.4 is 5.32 Å². The summed E-state index contributed by atoms with van der Waals surface area (Å²) in [7, 11) is 1.69. The Bertz CT molecular complexity index is 259. The summed E-state index contributed by atoms with van der Waals surface area (Å²) in [6.45, 7) is 3.87. The topological polar surface area (TPSA) is 41.6 Å². The average molecular weight is 254 g/mol. The Kier molecular flexibility index (Phi) is 5.45. The number of hydrogen-bond acceptors (Lipinski definition) is 3. The molecule has 4 nitrogen and oxygen atoms in total. The quantitative estimate of drug-likeness (QED) is 0.698. The molecule has 1 aliphatic heterocycles. The zero-order chi connectivity index (χ0) is 12.8. The zero-order valence-electron chi connectivity index (χ0n) is 11.5. The molecule has 18 heavy (non-hydrogen) atoms. The normalized spacial score (nSPS) is 22.1. The van der Waals surface area contributed by atoms with E-state index in [-0.39, 0.29) is 5.91 Å². The van der Waals surface area contributed by atoms with Gasteiger partial charge in [0.1, 0.15) is 0 Å². The van der Waals surface area contributed by atoms with E-state index < -0.39 is 0 Å². The molecule has 0 bridgehead atoms. The molecule has 2 fully saturated rings. The molecule has 0 unspecified atom stereocenters. The molecule has 0 aromatic carbocycles. The number of nitrogens with one attached hydrogen (secondary N) is 1. The van der Waals surface area contributed by atoms with Gasteiger partial charge in [0, 0.05) is 32.7 Å². The first-order chi connectivity index (χ1) is 8.79. The van der Waals surface area contributed by atoms with E-state index in [0.717, 1.165) is 25.6 Å². The molecule has 0 spiro atoms. The highest BCUT2D eigenvalue weighted by molar-refractivity contribution is 5.76. The van der Waals surface area contributed by atoms with E-state index in [0.29, 0.717) is 12.3 Å². The molecule has 4 heteroatoms. The molecule has 1 saturated heterocycles. The first-order valence-electron chi connectivity index (χ1n) is 7.29. The third kappa shape index (κ3) is 4.58. The minimum Gasteiger partial charge on any atom is -0.385 e. The number of nitrogens with zero attached hydrogens (tertiary/aromatic N) is 1. The molecule has 0 atom stereocenters. The second kappa shape index (κ2) is 7.10. The molecular weight excluding hydrogens is 228 g/mol. The highest BCUT2D eigenvalue weighted by Gasteiger charge is 2.32. The van der Waals surface area contributed by atoms with Gasteiger partial charge in [0.2, 0.25) is 5.91 Å². The van der Waals surface area contributed by atoms with E-state index in [9.17, 15) is 4.79 Å². The van der Waals surface area contributed by atoms with Gasteiger partial charge in [-0.25, -0.2) is 0 Å². The molecule has 1 heterocycles. The maximum atomic E-state index is 11.7. The fourth-order valence-corrected chi connectivity index (χ4v) is 2.74. The first kappa shape index (κ1) is 13.8. The summed E-state index contributed by atoms with van der Waals surface area (Å²) in [6.07, 6.45) is 6.80. The molecule has 1 amide bonds. The van der Waals surface area contributed by atoms with Crippen LogP contribution in [0.4, 0.5) is 0 Å². The Balaban J connectivity index is 1.54. The number of amides is 1. The number of carbonyl (C=O) groups is 1. The van der Waals surface area contributed by atoms with E-state index in [1.165, 1.54) is 38.8 Å². The molecule has 2 aliphatic rings. The maximum Gasteiger partial charge on any atom is 0.220 e. The summed E-state index contributed by atoms with van der Waals surface area (Å²) in [5, 5.41) is 2.98. The Morgan fingerprint density at radius 1 is 1.28 bits per heavy atom. The molecule has 1 aliphatic carbocycles. The largest absolute Gasteiger partial charge is 0.385 e. The lowest BCUT2D eigenvalue weighted by Gasteiger charge is -2.31. The van der Waals surface area contributed by atoms with Gasteiger partial charge in [-0.3, -0.25) is 4.79 Å². The average Bonchev–Trinajstić information content (AvgIpc) is 3.20. The third-order valence-corrected chi connectivity index (χ3v) is 4.03. The van der Waals surface area contributed by atoms with Gasteiger partial charge in [-0.1, -0.05) is 0 Å². The van der Waals surface area contributed by atoms with Gasteiger partial charge >= 0.3 is 0 Å². The molecular formula is C14H26N2O2. The molecule has 0 aromatic heterocycles. The highest BCUT2D eigenvalue weighted by atomic mass is 16.5. The third-order valence-electron chi connectivity index (χ3n) is 4.03.